The Morgan fingerprint density at radius 3 is 2.15 bits per heavy atom. The van der Waals surface area contributed by atoms with Crippen molar-refractivity contribution in [3.63, 3.8) is 0 Å². The predicted molar refractivity (Wildman–Crippen MR) is 125 cm³/mol. The largest absolute Gasteiger partial charge is 0.481 e. The van der Waals surface area contributed by atoms with Crippen LogP contribution >= 0.6 is 0 Å². The van der Waals surface area contributed by atoms with Gasteiger partial charge < -0.3 is 20.4 Å². The van der Waals surface area contributed by atoms with E-state index in [2.05, 4.69) is 46.3 Å². The minimum Gasteiger partial charge on any atom is -0.481 e. The second-order valence-electron chi connectivity index (χ2n) is 9.60. The molecule has 182 valence electrons. The molecular weight excluding hydrogens is 422 g/mol. The summed E-state index contributed by atoms with van der Waals surface area (Å²) in [6.07, 6.45) is 4.50. The van der Waals surface area contributed by atoms with E-state index < -0.39 is 11.9 Å². The summed E-state index contributed by atoms with van der Waals surface area (Å²) >= 11 is 0. The van der Waals surface area contributed by atoms with Gasteiger partial charge in [-0.2, -0.15) is 0 Å². The number of carbonyl (C=O) groups excluding carboxylic acids is 1. The molecule has 8 nitrogen and oxygen atoms in total. The van der Waals surface area contributed by atoms with E-state index in [1.165, 1.54) is 24.0 Å². The number of carboxylic acids is 2. The van der Waals surface area contributed by atoms with Gasteiger partial charge in [0.25, 0.3) is 11.9 Å². The third kappa shape index (κ3) is 5.38. The number of aliphatic carboxylic acids is 2. The molecule has 1 amide bonds. The molecule has 1 aromatic carbocycles. The molecule has 0 radical (unpaired) electrons. The molecule has 33 heavy (non-hydrogen) atoms. The highest BCUT2D eigenvalue weighted by molar-refractivity contribution is 5.88. The molecule has 0 saturated carbocycles. The summed E-state index contributed by atoms with van der Waals surface area (Å²) < 4.78 is 0. The SMILES string of the molecule is CC(=O)O.CC(=O)O.Cc1ccccc1[C@H]1[C@H]2CNC[C@H]2CN1C(=O)C12CCCN1CCC2. The van der Waals surface area contributed by atoms with Crippen molar-refractivity contribution in [2.75, 3.05) is 32.7 Å². The van der Waals surface area contributed by atoms with Gasteiger partial charge in [-0.25, -0.2) is 0 Å². The summed E-state index contributed by atoms with van der Waals surface area (Å²) in [4.78, 5) is 36.6. The number of carbonyl (C=O) groups is 3. The van der Waals surface area contributed by atoms with Crippen molar-refractivity contribution in [3.05, 3.63) is 35.4 Å². The Morgan fingerprint density at radius 1 is 1.00 bits per heavy atom. The number of hydrogen-bond donors (Lipinski definition) is 3. The second kappa shape index (κ2) is 10.7. The Labute approximate surface area is 195 Å². The Kier molecular flexibility index (Phi) is 8.13. The van der Waals surface area contributed by atoms with Gasteiger partial charge in [0.15, 0.2) is 0 Å². The molecule has 8 heteroatoms. The van der Waals surface area contributed by atoms with E-state index in [4.69, 9.17) is 19.8 Å². The molecule has 0 spiro atoms. The standard InChI is InChI=1S/C21H29N3O.2C2H4O2/c1-15-6-2-3-7-17(15)19-18-13-22-12-16(18)14-24(19)20(25)21-8-4-10-23(21)11-5-9-21;2*1-2(3)4/h2-3,6-7,16,18-19,22H,4-5,8-14H2,1H3;2*1H3,(H,3,4)/t16-,18-,19-;;/m0../s1. The first kappa shape index (κ1) is 25.2. The van der Waals surface area contributed by atoms with Gasteiger partial charge in [-0.15, -0.1) is 0 Å². The highest BCUT2D eigenvalue weighted by Crippen LogP contribution is 2.48. The normalized spacial score (nSPS) is 27.0. The van der Waals surface area contributed by atoms with Crippen molar-refractivity contribution >= 4 is 17.8 Å². The number of aryl methyl sites for hydroxylation is 1. The lowest BCUT2D eigenvalue weighted by Gasteiger charge is -2.38. The average Bonchev–Trinajstić information content (AvgIpc) is 3.47. The molecule has 0 bridgehead atoms. The van der Waals surface area contributed by atoms with Crippen LogP contribution in [0.5, 0.6) is 0 Å². The first-order valence-corrected chi connectivity index (χ1v) is 11.9. The van der Waals surface area contributed by atoms with Crippen LogP contribution in [0.25, 0.3) is 0 Å². The lowest BCUT2D eigenvalue weighted by molar-refractivity contribution is -0.143. The zero-order valence-electron chi connectivity index (χ0n) is 19.9. The van der Waals surface area contributed by atoms with Crippen LogP contribution in [0.2, 0.25) is 0 Å². The summed E-state index contributed by atoms with van der Waals surface area (Å²) in [7, 11) is 0. The van der Waals surface area contributed by atoms with Crippen molar-refractivity contribution in [3.8, 4) is 0 Å². The van der Waals surface area contributed by atoms with Crippen LogP contribution in [0.3, 0.4) is 0 Å². The molecule has 4 aliphatic heterocycles. The van der Waals surface area contributed by atoms with E-state index in [0.29, 0.717) is 17.7 Å². The van der Waals surface area contributed by atoms with Gasteiger partial charge in [0.05, 0.1) is 6.04 Å². The third-order valence-electron chi connectivity index (χ3n) is 7.37. The number of nitrogens with zero attached hydrogens (tertiary/aromatic N) is 2. The second-order valence-corrected chi connectivity index (χ2v) is 9.60. The van der Waals surface area contributed by atoms with E-state index in [1.54, 1.807) is 0 Å². The topological polar surface area (TPSA) is 110 Å². The molecule has 3 atom stereocenters. The summed E-state index contributed by atoms with van der Waals surface area (Å²) in [6, 6.07) is 8.95. The molecule has 0 aliphatic carbocycles. The minimum atomic E-state index is -0.833. The van der Waals surface area contributed by atoms with Gasteiger partial charge in [0.1, 0.15) is 5.54 Å². The maximum Gasteiger partial charge on any atom is 0.300 e. The lowest BCUT2D eigenvalue weighted by Crippen LogP contribution is -2.54. The van der Waals surface area contributed by atoms with Crippen LogP contribution in [0.1, 0.15) is 56.7 Å². The molecule has 4 aliphatic rings. The highest BCUT2D eigenvalue weighted by atomic mass is 16.4. The van der Waals surface area contributed by atoms with Gasteiger partial charge in [0, 0.05) is 39.4 Å². The molecule has 3 N–H and O–H groups in total. The molecule has 0 unspecified atom stereocenters. The zero-order chi connectivity index (χ0) is 24.2. The van der Waals surface area contributed by atoms with E-state index in [9.17, 15) is 4.79 Å². The van der Waals surface area contributed by atoms with Gasteiger partial charge in [-0.3, -0.25) is 19.3 Å². The first-order valence-electron chi connectivity index (χ1n) is 11.9. The predicted octanol–water partition coefficient (Wildman–Crippen LogP) is 2.52. The average molecular weight is 460 g/mol. The van der Waals surface area contributed by atoms with Crippen molar-refractivity contribution in [1.29, 1.82) is 0 Å². The summed E-state index contributed by atoms with van der Waals surface area (Å²) in [6.45, 7) is 9.64. The Balaban J connectivity index is 0.000000335. The van der Waals surface area contributed by atoms with E-state index >= 15 is 0 Å². The smallest absolute Gasteiger partial charge is 0.300 e. The van der Waals surface area contributed by atoms with Crippen LogP contribution in [0.4, 0.5) is 0 Å². The fourth-order valence-electron chi connectivity index (χ4n) is 6.17. The number of rotatable bonds is 2. The molecule has 4 saturated heterocycles. The molecule has 5 rings (SSSR count). The van der Waals surface area contributed by atoms with Crippen LogP contribution in [0, 0.1) is 18.8 Å². The van der Waals surface area contributed by atoms with Crippen LogP contribution in [0.15, 0.2) is 24.3 Å². The minimum absolute atomic E-state index is 0.174. The highest BCUT2D eigenvalue weighted by Gasteiger charge is 2.56. The maximum absolute atomic E-state index is 13.8. The first-order chi connectivity index (χ1) is 15.7. The maximum atomic E-state index is 13.8. The third-order valence-corrected chi connectivity index (χ3v) is 7.37. The number of benzene rings is 1. The van der Waals surface area contributed by atoms with Gasteiger partial charge >= 0.3 is 0 Å². The number of fused-ring (bicyclic) bond motifs is 2. The lowest BCUT2D eigenvalue weighted by atomic mass is 9.86. The van der Waals surface area contributed by atoms with Crippen molar-refractivity contribution < 1.29 is 24.6 Å². The number of nitrogens with one attached hydrogen (secondary N) is 1. The Bertz CT molecular complexity index is 843. The van der Waals surface area contributed by atoms with E-state index in [0.717, 1.165) is 59.4 Å². The van der Waals surface area contributed by atoms with Gasteiger partial charge in [-0.05, 0) is 62.7 Å². The van der Waals surface area contributed by atoms with Crippen molar-refractivity contribution in [2.24, 2.45) is 11.8 Å². The van der Waals surface area contributed by atoms with Crippen molar-refractivity contribution in [2.45, 2.75) is 58.0 Å². The summed E-state index contributed by atoms with van der Waals surface area (Å²) in [5.74, 6) is -0.0518. The van der Waals surface area contributed by atoms with Gasteiger partial charge in [-0.1, -0.05) is 24.3 Å². The fourth-order valence-corrected chi connectivity index (χ4v) is 6.17. The zero-order valence-corrected chi connectivity index (χ0v) is 19.9. The van der Waals surface area contributed by atoms with Crippen molar-refractivity contribution in [1.82, 2.24) is 15.1 Å². The Hall–Kier alpha value is -2.45. The molecule has 4 fully saturated rings. The van der Waals surface area contributed by atoms with Gasteiger partial charge in [0.2, 0.25) is 5.91 Å². The monoisotopic (exact) mass is 459 g/mol. The summed E-state index contributed by atoms with van der Waals surface area (Å²) in [5, 5.41) is 18.4. The molecule has 4 heterocycles. The molecule has 0 aromatic heterocycles. The number of likely N-dealkylation sites (tertiary alicyclic amines) is 1. The van der Waals surface area contributed by atoms with Crippen LogP contribution in [-0.2, 0) is 14.4 Å². The number of amides is 1. The van der Waals surface area contributed by atoms with E-state index in [-0.39, 0.29) is 11.6 Å². The van der Waals surface area contributed by atoms with Crippen LogP contribution < -0.4 is 5.32 Å². The van der Waals surface area contributed by atoms with E-state index in [1.807, 2.05) is 0 Å². The molecular formula is C25H37N3O5. The Morgan fingerprint density at radius 2 is 1.58 bits per heavy atom. The quantitative estimate of drug-likeness (QED) is 0.623. The number of carboxylic acid groups (broad SMARTS) is 2. The van der Waals surface area contributed by atoms with Crippen LogP contribution in [-0.4, -0.2) is 76.1 Å². The fraction of sp³-hybridized carbons (Fsp3) is 0.640. The number of hydrogen-bond acceptors (Lipinski definition) is 5. The summed E-state index contributed by atoms with van der Waals surface area (Å²) in [5.41, 5.74) is 2.52. The molecule has 1 aromatic rings.